The molecule has 0 aliphatic carbocycles. The van der Waals surface area contributed by atoms with Gasteiger partial charge in [0.15, 0.2) is 0 Å². The van der Waals surface area contributed by atoms with Crippen molar-refractivity contribution in [2.45, 2.75) is 6.92 Å². The van der Waals surface area contributed by atoms with Crippen molar-refractivity contribution in [3.63, 3.8) is 0 Å². The second-order valence-corrected chi connectivity index (χ2v) is 3.85. The van der Waals surface area contributed by atoms with E-state index in [1.807, 2.05) is 6.92 Å². The van der Waals surface area contributed by atoms with E-state index in [-0.39, 0.29) is 11.3 Å². The van der Waals surface area contributed by atoms with Crippen molar-refractivity contribution in [2.24, 2.45) is 0 Å². The van der Waals surface area contributed by atoms with E-state index in [1.54, 1.807) is 0 Å². The van der Waals surface area contributed by atoms with Crippen LogP contribution in [-0.2, 0) is 0 Å². The Labute approximate surface area is 104 Å². The third kappa shape index (κ3) is 2.59. The Morgan fingerprint density at radius 2 is 1.89 bits per heavy atom. The molecule has 0 unspecified atom stereocenters. The van der Waals surface area contributed by atoms with Gasteiger partial charge in [-0.25, -0.2) is 8.78 Å². The minimum Gasteiger partial charge on any atom is -0.494 e. The number of nitrogens with two attached hydrogens (primary N) is 1. The Bertz CT molecular complexity index is 549. The van der Waals surface area contributed by atoms with Gasteiger partial charge in [-0.15, -0.1) is 0 Å². The van der Waals surface area contributed by atoms with Crippen LogP contribution in [0.25, 0.3) is 11.1 Å². The van der Waals surface area contributed by atoms with E-state index in [0.717, 1.165) is 0 Å². The molecule has 0 aromatic heterocycles. The van der Waals surface area contributed by atoms with Gasteiger partial charge in [-0.2, -0.15) is 0 Å². The van der Waals surface area contributed by atoms with E-state index >= 15 is 0 Å². The van der Waals surface area contributed by atoms with Crippen LogP contribution in [0.4, 0.5) is 14.5 Å². The number of benzene rings is 2. The summed E-state index contributed by atoms with van der Waals surface area (Å²) in [5.41, 5.74) is 6.47. The highest BCUT2D eigenvalue weighted by molar-refractivity contribution is 5.69. The number of halogens is 2. The summed E-state index contributed by atoms with van der Waals surface area (Å²) in [6.45, 7) is 2.32. The summed E-state index contributed by atoms with van der Waals surface area (Å²) in [6.07, 6.45) is 0. The number of nitrogen functional groups attached to an aromatic ring is 1. The van der Waals surface area contributed by atoms with Crippen LogP contribution >= 0.6 is 0 Å². The van der Waals surface area contributed by atoms with Crippen molar-refractivity contribution in [3.8, 4) is 16.9 Å². The lowest BCUT2D eigenvalue weighted by Crippen LogP contribution is -1.94. The zero-order chi connectivity index (χ0) is 13.1. The fourth-order valence-electron chi connectivity index (χ4n) is 1.75. The number of anilines is 1. The first-order valence-corrected chi connectivity index (χ1v) is 5.59. The molecule has 2 aromatic rings. The highest BCUT2D eigenvalue weighted by Crippen LogP contribution is 2.29. The topological polar surface area (TPSA) is 35.2 Å². The molecule has 0 aliphatic heterocycles. The summed E-state index contributed by atoms with van der Waals surface area (Å²) >= 11 is 0. The molecule has 0 spiro atoms. The SMILES string of the molecule is CCOc1ccc(F)c(-c2cc(N)cc(F)c2)c1. The summed E-state index contributed by atoms with van der Waals surface area (Å²) in [4.78, 5) is 0. The average Bonchev–Trinajstić information content (AvgIpc) is 2.30. The Morgan fingerprint density at radius 3 is 2.56 bits per heavy atom. The molecular weight excluding hydrogens is 236 g/mol. The van der Waals surface area contributed by atoms with Crippen molar-refractivity contribution in [1.29, 1.82) is 0 Å². The summed E-state index contributed by atoms with van der Waals surface area (Å²) in [5, 5.41) is 0. The van der Waals surface area contributed by atoms with Gasteiger partial charge in [0.05, 0.1) is 6.61 Å². The van der Waals surface area contributed by atoms with Gasteiger partial charge in [-0.05, 0) is 48.9 Å². The first-order chi connectivity index (χ1) is 8.60. The number of hydrogen-bond donors (Lipinski definition) is 1. The van der Waals surface area contributed by atoms with Crippen LogP contribution in [0.15, 0.2) is 36.4 Å². The molecule has 2 aromatic carbocycles. The quantitative estimate of drug-likeness (QED) is 0.843. The number of ether oxygens (including phenoxy) is 1. The summed E-state index contributed by atoms with van der Waals surface area (Å²) in [7, 11) is 0. The van der Waals surface area contributed by atoms with E-state index < -0.39 is 11.6 Å². The lowest BCUT2D eigenvalue weighted by atomic mass is 10.0. The Balaban J connectivity index is 2.51. The van der Waals surface area contributed by atoms with Crippen LogP contribution in [-0.4, -0.2) is 6.61 Å². The molecule has 4 heteroatoms. The number of rotatable bonds is 3. The van der Waals surface area contributed by atoms with Gasteiger partial charge >= 0.3 is 0 Å². The molecule has 94 valence electrons. The molecule has 0 fully saturated rings. The fourth-order valence-corrected chi connectivity index (χ4v) is 1.75. The minimum atomic E-state index is -0.494. The van der Waals surface area contributed by atoms with Crippen LogP contribution in [0.2, 0.25) is 0 Å². The van der Waals surface area contributed by atoms with Crippen LogP contribution in [0.5, 0.6) is 5.75 Å². The molecule has 0 atom stereocenters. The minimum absolute atomic E-state index is 0.256. The second-order valence-electron chi connectivity index (χ2n) is 3.85. The lowest BCUT2D eigenvalue weighted by molar-refractivity contribution is 0.340. The molecule has 0 aliphatic rings. The highest BCUT2D eigenvalue weighted by atomic mass is 19.1. The predicted molar refractivity (Wildman–Crippen MR) is 67.4 cm³/mol. The Kier molecular flexibility index (Phi) is 3.46. The van der Waals surface area contributed by atoms with Gasteiger partial charge in [0, 0.05) is 11.3 Å². The first kappa shape index (κ1) is 12.4. The molecule has 0 saturated heterocycles. The molecule has 0 radical (unpaired) electrons. The molecule has 0 bridgehead atoms. The molecule has 18 heavy (non-hydrogen) atoms. The lowest BCUT2D eigenvalue weighted by Gasteiger charge is -2.08. The van der Waals surface area contributed by atoms with Gasteiger partial charge < -0.3 is 10.5 Å². The monoisotopic (exact) mass is 249 g/mol. The Morgan fingerprint density at radius 1 is 1.11 bits per heavy atom. The normalized spacial score (nSPS) is 10.4. The Hall–Kier alpha value is -2.10. The van der Waals surface area contributed by atoms with Crippen LogP contribution in [0.3, 0.4) is 0 Å². The molecule has 2 N–H and O–H groups in total. The largest absolute Gasteiger partial charge is 0.494 e. The van der Waals surface area contributed by atoms with Gasteiger partial charge in [-0.1, -0.05) is 0 Å². The summed E-state index contributed by atoms with van der Waals surface area (Å²) in [5.74, 6) is -0.397. The molecule has 0 amide bonds. The maximum absolute atomic E-state index is 13.7. The van der Waals surface area contributed by atoms with Crippen molar-refractivity contribution < 1.29 is 13.5 Å². The van der Waals surface area contributed by atoms with Crippen LogP contribution in [0, 0.1) is 11.6 Å². The van der Waals surface area contributed by atoms with Crippen molar-refractivity contribution >= 4 is 5.69 Å². The summed E-state index contributed by atoms with van der Waals surface area (Å²) < 4.78 is 32.3. The maximum atomic E-state index is 13.7. The van der Waals surface area contributed by atoms with E-state index in [4.69, 9.17) is 10.5 Å². The third-order valence-corrected chi connectivity index (χ3v) is 2.48. The van der Waals surface area contributed by atoms with E-state index in [0.29, 0.717) is 17.9 Å². The zero-order valence-electron chi connectivity index (χ0n) is 9.91. The maximum Gasteiger partial charge on any atom is 0.131 e. The first-order valence-electron chi connectivity index (χ1n) is 5.59. The molecule has 2 rings (SSSR count). The number of hydrogen-bond acceptors (Lipinski definition) is 2. The third-order valence-electron chi connectivity index (χ3n) is 2.48. The zero-order valence-corrected chi connectivity index (χ0v) is 9.91. The standard InChI is InChI=1S/C14H13F2NO/c1-2-18-12-3-4-14(16)13(8-12)9-5-10(15)7-11(17)6-9/h3-8H,2,17H2,1H3. The van der Waals surface area contributed by atoms with Crippen molar-refractivity contribution in [2.75, 3.05) is 12.3 Å². The highest BCUT2D eigenvalue weighted by Gasteiger charge is 2.09. The summed E-state index contributed by atoms with van der Waals surface area (Å²) in [6, 6.07) is 8.31. The average molecular weight is 249 g/mol. The van der Waals surface area contributed by atoms with Crippen molar-refractivity contribution in [1.82, 2.24) is 0 Å². The van der Waals surface area contributed by atoms with Gasteiger partial charge in [0.25, 0.3) is 0 Å². The molecular formula is C14H13F2NO. The van der Waals surface area contributed by atoms with E-state index in [9.17, 15) is 8.78 Å². The molecule has 0 saturated carbocycles. The van der Waals surface area contributed by atoms with Crippen molar-refractivity contribution in [3.05, 3.63) is 48.0 Å². The predicted octanol–water partition coefficient (Wildman–Crippen LogP) is 3.61. The second kappa shape index (κ2) is 5.04. The smallest absolute Gasteiger partial charge is 0.131 e. The van der Waals surface area contributed by atoms with Gasteiger partial charge in [0.1, 0.15) is 17.4 Å². The van der Waals surface area contributed by atoms with Gasteiger partial charge in [0.2, 0.25) is 0 Å². The van der Waals surface area contributed by atoms with E-state index in [1.165, 1.54) is 36.4 Å². The fraction of sp³-hybridized carbons (Fsp3) is 0.143. The van der Waals surface area contributed by atoms with Crippen LogP contribution < -0.4 is 10.5 Å². The van der Waals surface area contributed by atoms with E-state index in [2.05, 4.69) is 0 Å². The molecule has 2 nitrogen and oxygen atoms in total. The van der Waals surface area contributed by atoms with Gasteiger partial charge in [-0.3, -0.25) is 0 Å². The molecule has 0 heterocycles. The van der Waals surface area contributed by atoms with Crippen LogP contribution in [0.1, 0.15) is 6.92 Å².